The van der Waals surface area contributed by atoms with Crippen molar-refractivity contribution in [3.05, 3.63) is 54.5 Å². The van der Waals surface area contributed by atoms with Crippen molar-refractivity contribution >= 4 is 11.7 Å². The summed E-state index contributed by atoms with van der Waals surface area (Å²) in [4.78, 5) is 14.2. The number of carboxylic acid groups (broad SMARTS) is 1. The molecule has 144 valence electrons. The van der Waals surface area contributed by atoms with E-state index in [2.05, 4.69) is 20.2 Å². The van der Waals surface area contributed by atoms with Crippen LogP contribution in [0.15, 0.2) is 48.8 Å². The number of carboxylic acids is 1. The van der Waals surface area contributed by atoms with Crippen LogP contribution in [0.25, 0.3) is 11.3 Å². The first-order chi connectivity index (χ1) is 13.5. The van der Waals surface area contributed by atoms with E-state index in [9.17, 15) is 15.0 Å². The minimum absolute atomic E-state index is 0.147. The fraction of sp³-hybridized carbons (Fsp3) is 0.300. The molecule has 0 saturated carbocycles. The quantitative estimate of drug-likeness (QED) is 0.716. The average Bonchev–Trinajstić information content (AvgIpc) is 3.15. The minimum Gasteiger partial charge on any atom is -0.507 e. The zero-order valence-electron chi connectivity index (χ0n) is 15.5. The smallest absolute Gasteiger partial charge is 0.315 e. The molecule has 4 rings (SSSR count). The summed E-state index contributed by atoms with van der Waals surface area (Å²) in [6.45, 7) is 1.15. The summed E-state index contributed by atoms with van der Waals surface area (Å²) in [6.07, 6.45) is 4.24. The van der Waals surface area contributed by atoms with Crippen LogP contribution in [0, 0.1) is 0 Å². The van der Waals surface area contributed by atoms with Crippen LogP contribution >= 0.6 is 0 Å². The van der Waals surface area contributed by atoms with Crippen molar-refractivity contribution in [1.82, 2.24) is 20.0 Å². The van der Waals surface area contributed by atoms with E-state index in [0.717, 1.165) is 11.4 Å². The zero-order valence-corrected chi connectivity index (χ0v) is 15.5. The highest BCUT2D eigenvalue weighted by Crippen LogP contribution is 2.37. The summed E-state index contributed by atoms with van der Waals surface area (Å²) in [7, 11) is 1.78. The van der Waals surface area contributed by atoms with Crippen molar-refractivity contribution in [2.45, 2.75) is 18.3 Å². The molecule has 0 amide bonds. The number of aryl methyl sites for hydroxylation is 1. The highest BCUT2D eigenvalue weighted by molar-refractivity contribution is 5.81. The van der Waals surface area contributed by atoms with Crippen molar-refractivity contribution in [1.29, 1.82) is 0 Å². The number of nitrogens with zero attached hydrogens (tertiary/aromatic N) is 5. The number of hydrogen-bond donors (Lipinski definition) is 2. The SMILES string of the molecule is Cn1nccc1C1(C(=O)O)CCN(c2cnnc(-c3ccccc3O)c2)CC1. The molecule has 28 heavy (non-hydrogen) atoms. The number of anilines is 1. The predicted molar refractivity (Wildman–Crippen MR) is 103 cm³/mol. The molecule has 0 bridgehead atoms. The van der Waals surface area contributed by atoms with Crippen LogP contribution in [-0.2, 0) is 17.3 Å². The van der Waals surface area contributed by atoms with Gasteiger partial charge in [0, 0.05) is 31.9 Å². The first-order valence-corrected chi connectivity index (χ1v) is 9.09. The summed E-state index contributed by atoms with van der Waals surface area (Å²) in [5.74, 6) is -0.674. The minimum atomic E-state index is -0.942. The zero-order chi connectivity index (χ0) is 19.7. The Morgan fingerprint density at radius 2 is 1.93 bits per heavy atom. The third kappa shape index (κ3) is 2.96. The molecule has 8 heteroatoms. The molecule has 0 unspecified atom stereocenters. The number of phenols is 1. The Bertz CT molecular complexity index is 1010. The van der Waals surface area contributed by atoms with Gasteiger partial charge < -0.3 is 15.1 Å². The van der Waals surface area contributed by atoms with Crippen molar-refractivity contribution < 1.29 is 15.0 Å². The first kappa shape index (κ1) is 18.0. The first-order valence-electron chi connectivity index (χ1n) is 9.09. The summed E-state index contributed by atoms with van der Waals surface area (Å²) in [5.41, 5.74) is 1.84. The molecule has 1 fully saturated rings. The predicted octanol–water partition coefficient (Wildman–Crippen LogP) is 2.21. The van der Waals surface area contributed by atoms with Crippen LogP contribution in [0.1, 0.15) is 18.5 Å². The number of rotatable bonds is 4. The van der Waals surface area contributed by atoms with Crippen LogP contribution in [0.5, 0.6) is 5.75 Å². The summed E-state index contributed by atoms with van der Waals surface area (Å²) >= 11 is 0. The number of hydrogen-bond acceptors (Lipinski definition) is 6. The van der Waals surface area contributed by atoms with Crippen LogP contribution in [-0.4, -0.2) is 49.2 Å². The molecular weight excluding hydrogens is 358 g/mol. The molecule has 1 saturated heterocycles. The van der Waals surface area contributed by atoms with Crippen molar-refractivity contribution in [3.8, 4) is 17.0 Å². The largest absolute Gasteiger partial charge is 0.507 e. The molecule has 0 aliphatic carbocycles. The van der Waals surface area contributed by atoms with Crippen LogP contribution in [0.2, 0.25) is 0 Å². The fourth-order valence-electron chi connectivity index (χ4n) is 3.92. The lowest BCUT2D eigenvalue weighted by atomic mass is 9.75. The highest BCUT2D eigenvalue weighted by atomic mass is 16.4. The average molecular weight is 379 g/mol. The van der Waals surface area contributed by atoms with E-state index in [1.807, 2.05) is 12.1 Å². The van der Waals surface area contributed by atoms with Crippen molar-refractivity contribution in [3.63, 3.8) is 0 Å². The standard InChI is InChI=1S/C20H21N5O3/c1-24-18(6-9-22-24)20(19(27)28)7-10-25(11-8-20)14-12-16(23-21-13-14)15-4-2-3-5-17(15)26/h2-6,9,12-13,26H,7-8,10-11H2,1H3,(H,27,28). The molecule has 8 nitrogen and oxygen atoms in total. The van der Waals surface area contributed by atoms with E-state index < -0.39 is 11.4 Å². The molecule has 3 aromatic rings. The molecule has 2 aromatic heterocycles. The van der Waals surface area contributed by atoms with Gasteiger partial charge in [-0.2, -0.15) is 15.3 Å². The van der Waals surface area contributed by atoms with E-state index in [1.54, 1.807) is 48.4 Å². The fourth-order valence-corrected chi connectivity index (χ4v) is 3.92. The Morgan fingerprint density at radius 3 is 2.57 bits per heavy atom. The van der Waals surface area contributed by atoms with Gasteiger partial charge in [-0.3, -0.25) is 9.48 Å². The number of aromatic nitrogens is 4. The lowest BCUT2D eigenvalue weighted by Crippen LogP contribution is -2.48. The molecule has 2 N–H and O–H groups in total. The molecular formula is C20H21N5O3. The van der Waals surface area contributed by atoms with Gasteiger partial charge in [-0.05, 0) is 37.1 Å². The molecule has 0 spiro atoms. The summed E-state index contributed by atoms with van der Waals surface area (Å²) < 4.78 is 1.65. The van der Waals surface area contributed by atoms with Gasteiger partial charge in [-0.15, -0.1) is 0 Å². The maximum Gasteiger partial charge on any atom is 0.315 e. The van der Waals surface area contributed by atoms with Gasteiger partial charge in [0.05, 0.1) is 23.3 Å². The second-order valence-corrected chi connectivity index (χ2v) is 7.03. The van der Waals surface area contributed by atoms with E-state index in [0.29, 0.717) is 37.2 Å². The van der Waals surface area contributed by atoms with Gasteiger partial charge in [0.2, 0.25) is 0 Å². The Labute approximate surface area is 162 Å². The van der Waals surface area contributed by atoms with Gasteiger partial charge in [0.15, 0.2) is 0 Å². The topological polar surface area (TPSA) is 104 Å². The van der Waals surface area contributed by atoms with E-state index in [4.69, 9.17) is 0 Å². The van der Waals surface area contributed by atoms with Crippen molar-refractivity contribution in [2.24, 2.45) is 7.05 Å². The number of phenolic OH excluding ortho intramolecular Hbond substituents is 1. The highest BCUT2D eigenvalue weighted by Gasteiger charge is 2.45. The third-order valence-electron chi connectivity index (χ3n) is 5.52. The summed E-state index contributed by atoms with van der Waals surface area (Å²) in [6, 6.07) is 10.6. The molecule has 3 heterocycles. The van der Waals surface area contributed by atoms with Gasteiger partial charge in [0.1, 0.15) is 11.2 Å². The van der Waals surface area contributed by atoms with Gasteiger partial charge in [0.25, 0.3) is 0 Å². The van der Waals surface area contributed by atoms with Gasteiger partial charge in [-0.1, -0.05) is 12.1 Å². The Kier molecular flexibility index (Phi) is 4.46. The number of aliphatic carboxylic acids is 1. The Balaban J connectivity index is 1.59. The number of aromatic hydroxyl groups is 1. The van der Waals surface area contributed by atoms with E-state index in [1.165, 1.54) is 0 Å². The van der Waals surface area contributed by atoms with Gasteiger partial charge in [-0.25, -0.2) is 0 Å². The molecule has 1 aliphatic rings. The lowest BCUT2D eigenvalue weighted by molar-refractivity contribution is -0.145. The van der Waals surface area contributed by atoms with Crippen LogP contribution in [0.4, 0.5) is 5.69 Å². The molecule has 0 atom stereocenters. The maximum absolute atomic E-state index is 12.1. The molecule has 1 aromatic carbocycles. The third-order valence-corrected chi connectivity index (χ3v) is 5.52. The van der Waals surface area contributed by atoms with Crippen molar-refractivity contribution in [2.75, 3.05) is 18.0 Å². The molecule has 0 radical (unpaired) electrons. The Morgan fingerprint density at radius 1 is 1.18 bits per heavy atom. The number of carbonyl (C=O) groups is 1. The lowest BCUT2D eigenvalue weighted by Gasteiger charge is -2.39. The maximum atomic E-state index is 12.1. The number of benzene rings is 1. The van der Waals surface area contributed by atoms with Gasteiger partial charge >= 0.3 is 5.97 Å². The number of piperidine rings is 1. The van der Waals surface area contributed by atoms with Crippen LogP contribution in [0.3, 0.4) is 0 Å². The second-order valence-electron chi connectivity index (χ2n) is 7.03. The molecule has 1 aliphatic heterocycles. The van der Waals surface area contributed by atoms with E-state index >= 15 is 0 Å². The summed E-state index contributed by atoms with van der Waals surface area (Å²) in [5, 5.41) is 32.4. The number of para-hydroxylation sites is 1. The Hall–Kier alpha value is -3.42. The normalized spacial score (nSPS) is 16.1. The second kappa shape index (κ2) is 6.95. The monoisotopic (exact) mass is 379 g/mol. The van der Waals surface area contributed by atoms with E-state index in [-0.39, 0.29) is 5.75 Å². The van der Waals surface area contributed by atoms with Crippen LogP contribution < -0.4 is 4.90 Å².